The minimum atomic E-state index is -1.19. The summed E-state index contributed by atoms with van der Waals surface area (Å²) in [5, 5.41) is 18.1. The maximum Gasteiger partial charge on any atom is 0.326 e. The van der Waals surface area contributed by atoms with Crippen LogP contribution in [0.2, 0.25) is 0 Å². The van der Waals surface area contributed by atoms with Crippen molar-refractivity contribution in [2.24, 2.45) is 11.5 Å². The van der Waals surface area contributed by atoms with E-state index in [1.807, 2.05) is 24.3 Å². The Hall–Kier alpha value is -3.88. The number of nitrogens with zero attached hydrogens (tertiary/aromatic N) is 1. The maximum atomic E-state index is 13.4. The summed E-state index contributed by atoms with van der Waals surface area (Å²) >= 11 is 4.19. The van der Waals surface area contributed by atoms with E-state index in [9.17, 15) is 24.3 Å². The second kappa shape index (κ2) is 15.1. The molecule has 0 aliphatic heterocycles. The zero-order chi connectivity index (χ0) is 29.1. The lowest BCUT2D eigenvalue weighted by molar-refractivity contribution is -0.142. The third-order valence-electron chi connectivity index (χ3n) is 6.44. The van der Waals surface area contributed by atoms with Crippen molar-refractivity contribution < 1.29 is 24.3 Å². The van der Waals surface area contributed by atoms with E-state index in [0.717, 1.165) is 16.5 Å². The molecule has 0 bridgehead atoms. The van der Waals surface area contributed by atoms with Gasteiger partial charge in [-0.2, -0.15) is 12.6 Å². The molecule has 3 amide bonds. The number of carboxylic acid groups (broad SMARTS) is 1. The number of aromatic nitrogens is 3. The summed E-state index contributed by atoms with van der Waals surface area (Å²) in [6.45, 7) is 0.407. The number of H-pyrrole nitrogens is 2. The van der Waals surface area contributed by atoms with Crippen LogP contribution in [0.25, 0.3) is 10.9 Å². The van der Waals surface area contributed by atoms with Crippen LogP contribution in [-0.2, 0) is 32.0 Å². The van der Waals surface area contributed by atoms with Gasteiger partial charge in [-0.05, 0) is 37.4 Å². The summed E-state index contributed by atoms with van der Waals surface area (Å²) in [5.74, 6) is -3.19. The van der Waals surface area contributed by atoms with Gasteiger partial charge in [0.05, 0.1) is 12.4 Å². The van der Waals surface area contributed by atoms with E-state index < -0.39 is 47.9 Å². The molecule has 0 saturated heterocycles. The van der Waals surface area contributed by atoms with Gasteiger partial charge in [0.1, 0.15) is 18.1 Å². The number of amides is 3. The highest BCUT2D eigenvalue weighted by atomic mass is 32.1. The molecule has 10 N–H and O–H groups in total. The summed E-state index contributed by atoms with van der Waals surface area (Å²) in [6, 6.07) is 3.18. The first-order valence-electron chi connectivity index (χ1n) is 13.0. The van der Waals surface area contributed by atoms with Crippen molar-refractivity contribution >= 4 is 47.2 Å². The van der Waals surface area contributed by atoms with E-state index >= 15 is 0 Å². The number of nitrogens with one attached hydrogen (secondary N) is 5. The number of rotatable bonds is 16. The zero-order valence-corrected chi connectivity index (χ0v) is 22.8. The van der Waals surface area contributed by atoms with Gasteiger partial charge in [0.2, 0.25) is 17.7 Å². The number of aromatic amines is 2. The molecular weight excluding hydrogens is 536 g/mol. The number of aliphatic carboxylic acids is 1. The molecule has 13 nitrogen and oxygen atoms in total. The largest absolute Gasteiger partial charge is 0.480 e. The molecule has 4 atom stereocenters. The molecule has 0 aliphatic carbocycles. The smallest absolute Gasteiger partial charge is 0.326 e. The topological polar surface area (TPSA) is 221 Å². The molecule has 0 fully saturated rings. The number of carboxylic acids is 1. The summed E-state index contributed by atoms with van der Waals surface area (Å²) in [5.41, 5.74) is 13.9. The Morgan fingerprint density at radius 3 is 2.33 bits per heavy atom. The summed E-state index contributed by atoms with van der Waals surface area (Å²) in [4.78, 5) is 60.9. The number of hydrogen-bond donors (Lipinski definition) is 9. The van der Waals surface area contributed by atoms with Gasteiger partial charge in [-0.25, -0.2) is 9.78 Å². The fraction of sp³-hybridized carbons (Fsp3) is 0.423. The van der Waals surface area contributed by atoms with Crippen LogP contribution < -0.4 is 27.4 Å². The van der Waals surface area contributed by atoms with Crippen molar-refractivity contribution in [3.05, 3.63) is 54.2 Å². The van der Waals surface area contributed by atoms with E-state index in [4.69, 9.17) is 11.5 Å². The number of carbonyl (C=O) groups excluding carboxylic acids is 3. The van der Waals surface area contributed by atoms with Gasteiger partial charge in [0, 0.05) is 47.6 Å². The Labute approximate surface area is 236 Å². The predicted molar refractivity (Wildman–Crippen MR) is 152 cm³/mol. The number of hydrogen-bond acceptors (Lipinski definition) is 8. The number of carbonyl (C=O) groups is 4. The van der Waals surface area contributed by atoms with Gasteiger partial charge < -0.3 is 42.5 Å². The van der Waals surface area contributed by atoms with Crippen LogP contribution in [0.4, 0.5) is 0 Å². The summed E-state index contributed by atoms with van der Waals surface area (Å²) in [6.07, 6.45) is 6.39. The van der Waals surface area contributed by atoms with Gasteiger partial charge in [-0.1, -0.05) is 18.2 Å². The van der Waals surface area contributed by atoms with Gasteiger partial charge in [0.25, 0.3) is 0 Å². The molecule has 3 rings (SSSR count). The van der Waals surface area contributed by atoms with Crippen molar-refractivity contribution in [1.29, 1.82) is 0 Å². The molecular formula is C26H36N8O5S. The van der Waals surface area contributed by atoms with Gasteiger partial charge in [0.15, 0.2) is 0 Å². The van der Waals surface area contributed by atoms with Crippen molar-refractivity contribution in [3.8, 4) is 0 Å². The Balaban J connectivity index is 1.74. The van der Waals surface area contributed by atoms with E-state index in [0.29, 0.717) is 25.1 Å². The third kappa shape index (κ3) is 8.56. The summed E-state index contributed by atoms with van der Waals surface area (Å²) in [7, 11) is 0. The highest BCUT2D eigenvalue weighted by molar-refractivity contribution is 7.80. The number of imidazole rings is 1. The molecule has 0 saturated carbocycles. The number of para-hydroxylation sites is 1. The molecule has 3 aromatic rings. The van der Waals surface area contributed by atoms with E-state index in [2.05, 4.69) is 43.5 Å². The van der Waals surface area contributed by atoms with Crippen LogP contribution in [-0.4, -0.2) is 80.2 Å². The molecule has 4 unspecified atom stereocenters. The lowest BCUT2D eigenvalue weighted by Crippen LogP contribution is -2.58. The highest BCUT2D eigenvalue weighted by Gasteiger charge is 2.30. The van der Waals surface area contributed by atoms with Gasteiger partial charge >= 0.3 is 5.97 Å². The first kappa shape index (κ1) is 30.7. The highest BCUT2D eigenvalue weighted by Crippen LogP contribution is 2.19. The van der Waals surface area contributed by atoms with Gasteiger partial charge in [-0.15, -0.1) is 0 Å². The Bertz CT molecular complexity index is 1280. The maximum absolute atomic E-state index is 13.4. The lowest BCUT2D eigenvalue weighted by Gasteiger charge is -2.24. The van der Waals surface area contributed by atoms with Crippen LogP contribution in [0.1, 0.15) is 30.5 Å². The van der Waals surface area contributed by atoms with E-state index in [-0.39, 0.29) is 25.0 Å². The number of benzene rings is 1. The Morgan fingerprint density at radius 1 is 0.950 bits per heavy atom. The molecule has 40 heavy (non-hydrogen) atoms. The van der Waals surface area contributed by atoms with E-state index in [1.165, 1.54) is 6.33 Å². The molecule has 216 valence electrons. The van der Waals surface area contributed by atoms with Crippen LogP contribution >= 0.6 is 12.6 Å². The zero-order valence-electron chi connectivity index (χ0n) is 21.9. The van der Waals surface area contributed by atoms with Crippen LogP contribution in [0.3, 0.4) is 0 Å². The minimum absolute atomic E-state index is 0.0974. The van der Waals surface area contributed by atoms with Crippen molar-refractivity contribution in [2.45, 2.75) is 56.3 Å². The van der Waals surface area contributed by atoms with Crippen molar-refractivity contribution in [2.75, 3.05) is 12.3 Å². The molecule has 2 heterocycles. The molecule has 0 spiro atoms. The number of nitrogens with two attached hydrogens (primary N) is 2. The molecule has 14 heteroatoms. The summed E-state index contributed by atoms with van der Waals surface area (Å²) < 4.78 is 0. The molecule has 0 aliphatic rings. The predicted octanol–water partition coefficient (Wildman–Crippen LogP) is -0.399. The van der Waals surface area contributed by atoms with Crippen LogP contribution in [0.15, 0.2) is 43.0 Å². The molecule has 2 aromatic heterocycles. The first-order valence-corrected chi connectivity index (χ1v) is 13.6. The van der Waals surface area contributed by atoms with E-state index in [1.54, 1.807) is 12.4 Å². The number of unbranched alkanes of at least 4 members (excludes halogenated alkanes) is 1. The average Bonchev–Trinajstić information content (AvgIpc) is 3.60. The minimum Gasteiger partial charge on any atom is -0.480 e. The third-order valence-corrected chi connectivity index (χ3v) is 6.81. The lowest BCUT2D eigenvalue weighted by atomic mass is 10.0. The second-order valence-electron chi connectivity index (χ2n) is 9.44. The second-order valence-corrected chi connectivity index (χ2v) is 9.81. The fourth-order valence-electron chi connectivity index (χ4n) is 4.22. The van der Waals surface area contributed by atoms with Crippen LogP contribution in [0.5, 0.6) is 0 Å². The SMILES string of the molecule is NCCCCC(NC(=O)C(CS)NC(=O)C(Cc1c[nH]c2ccccc12)NC(=O)C(N)Cc1cnc[nH]1)C(=O)O. The average molecular weight is 573 g/mol. The number of thiol groups is 1. The normalized spacial score (nSPS) is 14.2. The van der Waals surface area contributed by atoms with Gasteiger partial charge in [-0.3, -0.25) is 14.4 Å². The Kier molecular flexibility index (Phi) is 11.5. The Morgan fingerprint density at radius 2 is 1.65 bits per heavy atom. The molecule has 1 aromatic carbocycles. The standard InChI is InChI=1S/C26H36N8O5S/c27-8-4-3-7-20(26(38)39)32-25(37)22(13-40)34-24(36)21(9-15-11-30-19-6-2-1-5-17(15)19)33-23(35)18(28)10-16-12-29-14-31-16/h1-2,5-6,11-12,14,18,20-22,30,40H,3-4,7-10,13,27-28H2,(H,29,31)(H,32,37)(H,33,35)(H,34,36)(H,38,39). The van der Waals surface area contributed by atoms with Crippen molar-refractivity contribution in [3.63, 3.8) is 0 Å². The fourth-order valence-corrected chi connectivity index (χ4v) is 4.48. The quantitative estimate of drug-likeness (QED) is 0.0810. The number of fused-ring (bicyclic) bond motifs is 1. The van der Waals surface area contributed by atoms with Crippen molar-refractivity contribution in [1.82, 2.24) is 30.9 Å². The first-order chi connectivity index (χ1) is 19.2. The van der Waals surface area contributed by atoms with Crippen LogP contribution in [0, 0.1) is 0 Å². The monoisotopic (exact) mass is 572 g/mol. The molecule has 0 radical (unpaired) electrons.